The molecule has 0 aliphatic carbocycles. The van der Waals surface area contributed by atoms with Crippen molar-refractivity contribution in [1.29, 1.82) is 0 Å². The zero-order valence-corrected chi connectivity index (χ0v) is 18.0. The SMILES string of the molecule is COc1cc(OC)c2c(=O)cc(-c3ccc([N+](=O)[O-])cc3)oc2c1[C@@H]1CCN(C)[C@H]1CO. The van der Waals surface area contributed by atoms with Crippen LogP contribution in [0.15, 0.2) is 45.6 Å². The van der Waals surface area contributed by atoms with Gasteiger partial charge in [0, 0.05) is 47.4 Å². The highest BCUT2D eigenvalue weighted by Gasteiger charge is 2.37. The summed E-state index contributed by atoms with van der Waals surface area (Å²) in [5.41, 5.74) is 1.21. The molecule has 0 radical (unpaired) electrons. The summed E-state index contributed by atoms with van der Waals surface area (Å²) in [7, 11) is 4.95. The van der Waals surface area contributed by atoms with Crippen LogP contribution in [0.25, 0.3) is 22.3 Å². The number of nitro benzene ring substituents is 1. The molecule has 2 atom stereocenters. The second-order valence-electron chi connectivity index (χ2n) is 7.80. The fraction of sp³-hybridized carbons (Fsp3) is 0.348. The lowest BCUT2D eigenvalue weighted by Crippen LogP contribution is -2.32. The number of aliphatic hydroxyl groups is 1. The number of ether oxygens (including phenoxy) is 2. The largest absolute Gasteiger partial charge is 0.496 e. The Bertz CT molecular complexity index is 1220. The molecule has 1 fully saturated rings. The molecule has 168 valence electrons. The molecule has 1 aromatic heterocycles. The van der Waals surface area contributed by atoms with Gasteiger partial charge in [0.05, 0.1) is 25.7 Å². The van der Waals surface area contributed by atoms with E-state index in [0.29, 0.717) is 33.6 Å². The van der Waals surface area contributed by atoms with E-state index in [4.69, 9.17) is 13.9 Å². The Morgan fingerprint density at radius 2 is 1.88 bits per heavy atom. The molecular weight excluding hydrogens is 416 g/mol. The number of rotatable bonds is 6. The summed E-state index contributed by atoms with van der Waals surface area (Å²) in [5, 5.41) is 21.3. The average molecular weight is 440 g/mol. The van der Waals surface area contributed by atoms with Gasteiger partial charge in [-0.05, 0) is 32.1 Å². The molecule has 0 saturated carbocycles. The fourth-order valence-electron chi connectivity index (χ4n) is 4.48. The van der Waals surface area contributed by atoms with Crippen molar-refractivity contribution < 1.29 is 23.9 Å². The minimum atomic E-state index is -0.486. The molecule has 9 nitrogen and oxygen atoms in total. The first kappa shape index (κ1) is 21.8. The van der Waals surface area contributed by atoms with E-state index in [1.165, 1.54) is 32.4 Å². The average Bonchev–Trinajstić information content (AvgIpc) is 3.17. The lowest BCUT2D eigenvalue weighted by atomic mass is 9.89. The summed E-state index contributed by atoms with van der Waals surface area (Å²) in [6.45, 7) is 0.725. The van der Waals surface area contributed by atoms with Crippen LogP contribution >= 0.6 is 0 Å². The third-order valence-corrected chi connectivity index (χ3v) is 6.15. The smallest absolute Gasteiger partial charge is 0.269 e. The second kappa shape index (κ2) is 8.60. The van der Waals surface area contributed by atoms with E-state index in [-0.39, 0.29) is 35.4 Å². The standard InChI is InChI=1S/C23H24N2O7/c1-24-9-8-15(16(24)12-26)21-19(30-2)11-20(31-3)22-17(27)10-18(32-23(21)22)13-4-6-14(7-5-13)25(28)29/h4-7,10-11,15-16,26H,8-9,12H2,1-3H3/t15-,16+/m1/s1. The van der Waals surface area contributed by atoms with Crippen molar-refractivity contribution in [2.45, 2.75) is 18.4 Å². The molecule has 1 aliphatic rings. The third-order valence-electron chi connectivity index (χ3n) is 6.15. The topological polar surface area (TPSA) is 115 Å². The number of benzene rings is 2. The molecule has 1 saturated heterocycles. The highest BCUT2D eigenvalue weighted by molar-refractivity contribution is 5.90. The first-order valence-electron chi connectivity index (χ1n) is 10.2. The van der Waals surface area contributed by atoms with Gasteiger partial charge in [-0.15, -0.1) is 0 Å². The zero-order valence-electron chi connectivity index (χ0n) is 18.0. The molecule has 2 heterocycles. The van der Waals surface area contributed by atoms with Crippen LogP contribution in [0.4, 0.5) is 5.69 Å². The third kappa shape index (κ3) is 3.59. The van der Waals surface area contributed by atoms with Gasteiger partial charge in [0.2, 0.25) is 0 Å². The molecule has 0 unspecified atom stereocenters. The Kier molecular flexibility index (Phi) is 5.86. The predicted molar refractivity (Wildman–Crippen MR) is 119 cm³/mol. The van der Waals surface area contributed by atoms with Crippen LogP contribution in [0.5, 0.6) is 11.5 Å². The highest BCUT2D eigenvalue weighted by atomic mass is 16.6. The van der Waals surface area contributed by atoms with Crippen molar-refractivity contribution in [3.8, 4) is 22.8 Å². The Hall–Kier alpha value is -3.43. The lowest BCUT2D eigenvalue weighted by Gasteiger charge is -2.25. The molecule has 32 heavy (non-hydrogen) atoms. The first-order chi connectivity index (χ1) is 15.4. The van der Waals surface area contributed by atoms with Gasteiger partial charge in [-0.25, -0.2) is 0 Å². The van der Waals surface area contributed by atoms with Gasteiger partial charge in [0.1, 0.15) is 28.2 Å². The van der Waals surface area contributed by atoms with Gasteiger partial charge >= 0.3 is 0 Å². The Balaban J connectivity index is 1.99. The normalized spacial score (nSPS) is 18.8. The molecule has 4 rings (SSSR count). The van der Waals surface area contributed by atoms with Crippen LogP contribution in [0.2, 0.25) is 0 Å². The number of fused-ring (bicyclic) bond motifs is 1. The number of hydrogen-bond donors (Lipinski definition) is 1. The fourth-order valence-corrected chi connectivity index (χ4v) is 4.48. The highest BCUT2D eigenvalue weighted by Crippen LogP contribution is 2.44. The number of nitro groups is 1. The van der Waals surface area contributed by atoms with Gasteiger partial charge in [-0.1, -0.05) is 0 Å². The maximum Gasteiger partial charge on any atom is 0.269 e. The van der Waals surface area contributed by atoms with Crippen molar-refractivity contribution in [3.63, 3.8) is 0 Å². The lowest BCUT2D eigenvalue weighted by molar-refractivity contribution is -0.384. The molecule has 1 aliphatic heterocycles. The van der Waals surface area contributed by atoms with Crippen LogP contribution in [0.1, 0.15) is 17.9 Å². The maximum atomic E-state index is 13.2. The summed E-state index contributed by atoms with van der Waals surface area (Å²) in [6, 6.07) is 8.67. The van der Waals surface area contributed by atoms with E-state index >= 15 is 0 Å². The zero-order chi connectivity index (χ0) is 23.0. The Morgan fingerprint density at radius 1 is 1.19 bits per heavy atom. The number of hydrogen-bond acceptors (Lipinski definition) is 8. The van der Waals surface area contributed by atoms with Gasteiger partial charge in [-0.3, -0.25) is 14.9 Å². The number of likely N-dealkylation sites (N-methyl/N-ethyl adjacent to an activating group) is 1. The molecule has 0 spiro atoms. The van der Waals surface area contributed by atoms with E-state index in [1.807, 2.05) is 7.05 Å². The van der Waals surface area contributed by atoms with Crippen LogP contribution in [-0.4, -0.2) is 55.4 Å². The molecule has 0 bridgehead atoms. The van der Waals surface area contributed by atoms with Crippen molar-refractivity contribution in [2.24, 2.45) is 0 Å². The minimum absolute atomic E-state index is 0.0515. The van der Waals surface area contributed by atoms with E-state index in [1.54, 1.807) is 18.2 Å². The summed E-state index contributed by atoms with van der Waals surface area (Å²) in [5.74, 6) is 0.998. The molecule has 1 N–H and O–H groups in total. The molecule has 0 amide bonds. The number of non-ortho nitro benzene ring substituents is 1. The van der Waals surface area contributed by atoms with E-state index in [0.717, 1.165) is 13.0 Å². The molecular formula is C23H24N2O7. The monoisotopic (exact) mass is 440 g/mol. The first-order valence-corrected chi connectivity index (χ1v) is 10.2. The van der Waals surface area contributed by atoms with Crippen LogP contribution in [-0.2, 0) is 0 Å². The van der Waals surface area contributed by atoms with E-state index in [2.05, 4.69) is 4.90 Å². The number of aliphatic hydroxyl groups excluding tert-OH is 1. The summed E-state index contributed by atoms with van der Waals surface area (Å²) in [4.78, 5) is 25.7. The summed E-state index contributed by atoms with van der Waals surface area (Å²) >= 11 is 0. The minimum Gasteiger partial charge on any atom is -0.496 e. The molecule has 9 heteroatoms. The Morgan fingerprint density at radius 3 is 2.47 bits per heavy atom. The number of likely N-dealkylation sites (tertiary alicyclic amines) is 1. The van der Waals surface area contributed by atoms with Crippen molar-refractivity contribution >= 4 is 16.7 Å². The second-order valence-corrected chi connectivity index (χ2v) is 7.80. The van der Waals surface area contributed by atoms with Crippen molar-refractivity contribution in [1.82, 2.24) is 4.90 Å². The quantitative estimate of drug-likeness (QED) is 0.459. The van der Waals surface area contributed by atoms with Gasteiger partial charge < -0.3 is 23.9 Å². The van der Waals surface area contributed by atoms with Crippen LogP contribution in [0, 0.1) is 10.1 Å². The van der Waals surface area contributed by atoms with Gasteiger partial charge in [0.15, 0.2) is 5.43 Å². The number of methoxy groups -OCH3 is 2. The maximum absolute atomic E-state index is 13.2. The van der Waals surface area contributed by atoms with Crippen molar-refractivity contribution in [3.05, 3.63) is 62.3 Å². The van der Waals surface area contributed by atoms with Gasteiger partial charge in [0.25, 0.3) is 5.69 Å². The van der Waals surface area contributed by atoms with E-state index < -0.39 is 4.92 Å². The summed E-state index contributed by atoms with van der Waals surface area (Å²) < 4.78 is 17.4. The predicted octanol–water partition coefficient (Wildman–Crippen LogP) is 3.17. The van der Waals surface area contributed by atoms with Crippen molar-refractivity contribution in [2.75, 3.05) is 34.4 Å². The van der Waals surface area contributed by atoms with Crippen LogP contribution in [0.3, 0.4) is 0 Å². The number of nitrogens with zero attached hydrogens (tertiary/aromatic N) is 2. The van der Waals surface area contributed by atoms with Gasteiger partial charge in [-0.2, -0.15) is 0 Å². The Labute approximate surface area is 183 Å². The summed E-state index contributed by atoms with van der Waals surface area (Å²) in [6.07, 6.45) is 0.755. The van der Waals surface area contributed by atoms with Crippen LogP contribution < -0.4 is 14.9 Å². The molecule has 3 aromatic rings. The molecule has 2 aromatic carbocycles. The van der Waals surface area contributed by atoms with E-state index in [9.17, 15) is 20.0 Å².